The van der Waals surface area contributed by atoms with Crippen molar-refractivity contribution in [2.75, 3.05) is 0 Å². The Morgan fingerprint density at radius 3 is 2.71 bits per heavy atom. The third-order valence-corrected chi connectivity index (χ3v) is 4.90. The summed E-state index contributed by atoms with van der Waals surface area (Å²) in [6, 6.07) is 1.63. The molecule has 3 nitrogen and oxygen atoms in total. The second-order valence-electron chi connectivity index (χ2n) is 5.79. The minimum Gasteiger partial charge on any atom is -0.505 e. The first-order valence-corrected chi connectivity index (χ1v) is 7.34. The summed E-state index contributed by atoms with van der Waals surface area (Å²) in [6.45, 7) is 3.75. The van der Waals surface area contributed by atoms with E-state index in [2.05, 4.69) is 4.98 Å². The van der Waals surface area contributed by atoms with Gasteiger partial charge < -0.3 is 5.11 Å². The second kappa shape index (κ2) is 4.59. The van der Waals surface area contributed by atoms with Crippen LogP contribution in [0.1, 0.15) is 35.6 Å². The van der Waals surface area contributed by atoms with Crippen molar-refractivity contribution >= 4 is 17.1 Å². The fourth-order valence-electron chi connectivity index (χ4n) is 2.37. The standard InChI is InChI=1S/C15H13F2NO2S/c1-15(2)4-3-10-12(13(15)20)21-14(18-10)7-5-9(17)11(19)6-8(7)16/h5-6,19H,3-4H2,1-2H3. The van der Waals surface area contributed by atoms with E-state index in [0.29, 0.717) is 23.4 Å². The van der Waals surface area contributed by atoms with Gasteiger partial charge in [0.2, 0.25) is 0 Å². The largest absolute Gasteiger partial charge is 0.505 e. The average molecular weight is 309 g/mol. The second-order valence-corrected chi connectivity index (χ2v) is 6.79. The Bertz CT molecular complexity index is 752. The highest BCUT2D eigenvalue weighted by Crippen LogP contribution is 2.40. The molecule has 3 rings (SSSR count). The van der Waals surface area contributed by atoms with Gasteiger partial charge in [-0.05, 0) is 18.9 Å². The van der Waals surface area contributed by atoms with Gasteiger partial charge in [0.05, 0.1) is 10.6 Å². The van der Waals surface area contributed by atoms with Crippen LogP contribution in [-0.2, 0) is 6.42 Å². The molecule has 0 unspecified atom stereocenters. The summed E-state index contributed by atoms with van der Waals surface area (Å²) in [5.74, 6) is -2.42. The Morgan fingerprint density at radius 1 is 1.29 bits per heavy atom. The van der Waals surface area contributed by atoms with E-state index in [-0.39, 0.29) is 16.4 Å². The maximum Gasteiger partial charge on any atom is 0.180 e. The summed E-state index contributed by atoms with van der Waals surface area (Å²) in [7, 11) is 0. The summed E-state index contributed by atoms with van der Waals surface area (Å²) in [4.78, 5) is 17.2. The van der Waals surface area contributed by atoms with Crippen LogP contribution in [0.2, 0.25) is 0 Å². The van der Waals surface area contributed by atoms with Gasteiger partial charge in [-0.3, -0.25) is 4.79 Å². The van der Waals surface area contributed by atoms with Crippen molar-refractivity contribution in [1.29, 1.82) is 0 Å². The van der Waals surface area contributed by atoms with E-state index in [1.54, 1.807) is 0 Å². The van der Waals surface area contributed by atoms with Crippen molar-refractivity contribution in [3.8, 4) is 16.3 Å². The van der Waals surface area contributed by atoms with Gasteiger partial charge in [0.15, 0.2) is 17.3 Å². The Balaban J connectivity index is 2.11. The van der Waals surface area contributed by atoms with Crippen molar-refractivity contribution in [3.63, 3.8) is 0 Å². The van der Waals surface area contributed by atoms with E-state index in [1.807, 2.05) is 13.8 Å². The van der Waals surface area contributed by atoms with Crippen molar-refractivity contribution in [2.45, 2.75) is 26.7 Å². The molecular weight excluding hydrogens is 296 g/mol. The summed E-state index contributed by atoms with van der Waals surface area (Å²) in [6.07, 6.45) is 1.33. The number of benzene rings is 1. The number of hydrogen-bond acceptors (Lipinski definition) is 4. The molecule has 1 aliphatic rings. The number of carbonyl (C=O) groups is 1. The summed E-state index contributed by atoms with van der Waals surface area (Å²) < 4.78 is 27.3. The van der Waals surface area contributed by atoms with Crippen molar-refractivity contribution in [3.05, 3.63) is 34.3 Å². The van der Waals surface area contributed by atoms with E-state index in [9.17, 15) is 13.6 Å². The van der Waals surface area contributed by atoms with E-state index in [4.69, 9.17) is 5.11 Å². The number of rotatable bonds is 1. The number of aryl methyl sites for hydroxylation is 1. The van der Waals surface area contributed by atoms with Gasteiger partial charge >= 0.3 is 0 Å². The first-order valence-electron chi connectivity index (χ1n) is 6.52. The summed E-state index contributed by atoms with van der Waals surface area (Å²) in [5, 5.41) is 9.42. The Morgan fingerprint density at radius 2 is 2.00 bits per heavy atom. The number of phenolic OH excluding ortho intramolecular Hbond substituents is 1. The minimum absolute atomic E-state index is 0.00726. The zero-order chi connectivity index (χ0) is 15.4. The van der Waals surface area contributed by atoms with Crippen LogP contribution >= 0.6 is 11.3 Å². The summed E-state index contributed by atoms with van der Waals surface area (Å²) >= 11 is 1.08. The van der Waals surface area contributed by atoms with Gasteiger partial charge in [0.25, 0.3) is 0 Å². The number of carbonyl (C=O) groups excluding carboxylic acids is 1. The molecule has 0 radical (unpaired) electrons. The number of thiazole rings is 1. The molecule has 6 heteroatoms. The molecular formula is C15H13F2NO2S. The van der Waals surface area contributed by atoms with Crippen LogP contribution in [0, 0.1) is 17.0 Å². The van der Waals surface area contributed by atoms with Crippen LogP contribution in [0.5, 0.6) is 5.75 Å². The third-order valence-electron chi connectivity index (χ3n) is 3.77. The van der Waals surface area contributed by atoms with E-state index >= 15 is 0 Å². The molecule has 0 bridgehead atoms. The Hall–Kier alpha value is -1.82. The zero-order valence-electron chi connectivity index (χ0n) is 11.5. The van der Waals surface area contributed by atoms with E-state index in [1.165, 1.54) is 0 Å². The van der Waals surface area contributed by atoms with E-state index in [0.717, 1.165) is 23.5 Å². The first-order chi connectivity index (χ1) is 9.79. The summed E-state index contributed by atoms with van der Waals surface area (Å²) in [5.41, 5.74) is 0.165. The van der Waals surface area contributed by atoms with Gasteiger partial charge in [-0.1, -0.05) is 13.8 Å². The molecule has 21 heavy (non-hydrogen) atoms. The number of phenols is 1. The molecule has 110 valence electrons. The highest BCUT2D eigenvalue weighted by Gasteiger charge is 2.37. The number of nitrogens with zero attached hydrogens (tertiary/aromatic N) is 1. The number of aromatic hydroxyl groups is 1. The smallest absolute Gasteiger partial charge is 0.180 e. The molecule has 0 atom stereocenters. The molecule has 0 spiro atoms. The van der Waals surface area contributed by atoms with Gasteiger partial charge in [-0.25, -0.2) is 13.8 Å². The molecule has 0 aliphatic heterocycles. The predicted octanol–water partition coefficient (Wildman–Crippen LogP) is 3.95. The quantitative estimate of drug-likeness (QED) is 0.868. The van der Waals surface area contributed by atoms with Crippen LogP contribution in [0.25, 0.3) is 10.6 Å². The molecule has 1 aromatic carbocycles. The molecule has 1 aliphatic carbocycles. The number of hydrogen-bond donors (Lipinski definition) is 1. The van der Waals surface area contributed by atoms with Gasteiger partial charge in [-0.15, -0.1) is 11.3 Å². The minimum atomic E-state index is -0.911. The Kier molecular flexibility index (Phi) is 3.09. The van der Waals surface area contributed by atoms with Crippen LogP contribution < -0.4 is 0 Å². The fraction of sp³-hybridized carbons (Fsp3) is 0.333. The topological polar surface area (TPSA) is 50.2 Å². The molecule has 1 heterocycles. The number of fused-ring (bicyclic) bond motifs is 1. The van der Waals surface area contributed by atoms with Crippen molar-refractivity contribution < 1.29 is 18.7 Å². The zero-order valence-corrected chi connectivity index (χ0v) is 12.4. The van der Waals surface area contributed by atoms with Gasteiger partial charge in [0, 0.05) is 17.0 Å². The van der Waals surface area contributed by atoms with Crippen LogP contribution in [0.4, 0.5) is 8.78 Å². The molecule has 0 saturated carbocycles. The lowest BCUT2D eigenvalue weighted by atomic mass is 9.78. The number of aromatic nitrogens is 1. The fourth-order valence-corrected chi connectivity index (χ4v) is 3.62. The number of Topliss-reactive ketones (excluding diaryl/α,β-unsaturated/α-hetero) is 1. The lowest BCUT2D eigenvalue weighted by Crippen LogP contribution is -2.29. The predicted molar refractivity (Wildman–Crippen MR) is 75.6 cm³/mol. The number of halogens is 2. The third kappa shape index (κ3) is 2.23. The van der Waals surface area contributed by atoms with Gasteiger partial charge in [-0.2, -0.15) is 0 Å². The molecule has 1 N–H and O–H groups in total. The highest BCUT2D eigenvalue weighted by atomic mass is 32.1. The van der Waals surface area contributed by atoms with Crippen LogP contribution in [0.3, 0.4) is 0 Å². The SMILES string of the molecule is CC1(C)CCc2nc(-c3cc(F)c(O)cc3F)sc2C1=O. The van der Waals surface area contributed by atoms with Crippen molar-refractivity contribution in [2.24, 2.45) is 5.41 Å². The number of ketones is 1. The molecule has 0 saturated heterocycles. The first kappa shape index (κ1) is 14.1. The lowest BCUT2D eigenvalue weighted by Gasteiger charge is -2.26. The van der Waals surface area contributed by atoms with Gasteiger partial charge in [0.1, 0.15) is 10.8 Å². The Labute approximate surface area is 124 Å². The average Bonchev–Trinajstić information content (AvgIpc) is 2.83. The molecule has 0 fully saturated rings. The highest BCUT2D eigenvalue weighted by molar-refractivity contribution is 7.17. The van der Waals surface area contributed by atoms with Crippen LogP contribution in [-0.4, -0.2) is 15.9 Å². The monoisotopic (exact) mass is 309 g/mol. The lowest BCUT2D eigenvalue weighted by molar-refractivity contribution is 0.0815. The van der Waals surface area contributed by atoms with Crippen molar-refractivity contribution in [1.82, 2.24) is 4.98 Å². The molecule has 2 aromatic rings. The van der Waals surface area contributed by atoms with Crippen LogP contribution in [0.15, 0.2) is 12.1 Å². The maximum absolute atomic E-state index is 13.9. The molecule has 1 aromatic heterocycles. The normalized spacial score (nSPS) is 16.9. The van der Waals surface area contributed by atoms with E-state index < -0.39 is 22.8 Å². The molecule has 0 amide bonds. The maximum atomic E-state index is 13.9.